The van der Waals surface area contributed by atoms with E-state index in [-0.39, 0.29) is 5.91 Å². The zero-order valence-electron chi connectivity index (χ0n) is 14.6. The molecule has 7 heteroatoms. The molecule has 2 aromatic heterocycles. The minimum atomic E-state index is -0.0837. The van der Waals surface area contributed by atoms with Gasteiger partial charge in [-0.15, -0.1) is 0 Å². The van der Waals surface area contributed by atoms with Gasteiger partial charge in [-0.05, 0) is 13.3 Å². The number of rotatable bonds is 7. The summed E-state index contributed by atoms with van der Waals surface area (Å²) in [5.74, 6) is 0.834. The number of carbonyl (C=O) groups is 1. The smallest absolute Gasteiger partial charge is 0.263 e. The van der Waals surface area contributed by atoms with Gasteiger partial charge in [0.2, 0.25) is 0 Å². The highest BCUT2D eigenvalue weighted by molar-refractivity contribution is 7.19. The lowest BCUT2D eigenvalue weighted by Crippen LogP contribution is -2.17. The van der Waals surface area contributed by atoms with Crippen LogP contribution in [-0.2, 0) is 4.74 Å². The summed E-state index contributed by atoms with van der Waals surface area (Å²) in [6, 6.07) is 10.1. The fraction of sp³-hybridized carbons (Fsp3) is 0.333. The Morgan fingerprint density at radius 2 is 2.08 bits per heavy atom. The molecule has 0 saturated heterocycles. The summed E-state index contributed by atoms with van der Waals surface area (Å²) in [7, 11) is 3.34. The second-order valence-electron chi connectivity index (χ2n) is 5.66. The van der Waals surface area contributed by atoms with Gasteiger partial charge in [0.15, 0.2) is 4.96 Å². The summed E-state index contributed by atoms with van der Waals surface area (Å²) < 4.78 is 7.16. The van der Waals surface area contributed by atoms with Crippen LogP contribution in [0.3, 0.4) is 0 Å². The van der Waals surface area contributed by atoms with Gasteiger partial charge in [-0.25, -0.2) is 4.98 Å². The number of hydrogen-bond acceptors (Lipinski definition) is 5. The molecule has 0 radical (unpaired) electrons. The Labute approximate surface area is 150 Å². The summed E-state index contributed by atoms with van der Waals surface area (Å²) >= 11 is 1.41. The van der Waals surface area contributed by atoms with E-state index < -0.39 is 0 Å². The maximum absolute atomic E-state index is 12.1. The number of aromatic nitrogens is 2. The minimum absolute atomic E-state index is 0.0837. The van der Waals surface area contributed by atoms with Gasteiger partial charge in [-0.3, -0.25) is 9.20 Å². The third-order valence-electron chi connectivity index (χ3n) is 4.00. The molecule has 0 bridgehead atoms. The Morgan fingerprint density at radius 3 is 2.76 bits per heavy atom. The van der Waals surface area contributed by atoms with Crippen LogP contribution in [0.1, 0.15) is 21.8 Å². The first-order chi connectivity index (χ1) is 12.2. The van der Waals surface area contributed by atoms with Gasteiger partial charge in [-0.2, -0.15) is 0 Å². The molecule has 132 valence electrons. The monoisotopic (exact) mass is 358 g/mol. The molecule has 0 spiro atoms. The van der Waals surface area contributed by atoms with Crippen LogP contribution in [0.4, 0.5) is 5.82 Å². The summed E-state index contributed by atoms with van der Waals surface area (Å²) in [5, 5.41) is 6.17. The van der Waals surface area contributed by atoms with Gasteiger partial charge in [0.1, 0.15) is 16.4 Å². The number of methoxy groups -OCH3 is 1. The van der Waals surface area contributed by atoms with E-state index in [0.29, 0.717) is 11.5 Å². The highest BCUT2D eigenvalue weighted by atomic mass is 32.1. The number of nitrogens with one attached hydrogen (secondary N) is 2. The van der Waals surface area contributed by atoms with Gasteiger partial charge in [0.05, 0.1) is 0 Å². The van der Waals surface area contributed by atoms with Crippen molar-refractivity contribution in [3.05, 3.63) is 40.9 Å². The zero-order valence-corrected chi connectivity index (χ0v) is 15.4. The van der Waals surface area contributed by atoms with Crippen LogP contribution in [0.2, 0.25) is 0 Å². The zero-order chi connectivity index (χ0) is 17.8. The number of imidazole rings is 1. The molecule has 3 aromatic rings. The van der Waals surface area contributed by atoms with Crippen molar-refractivity contribution in [2.24, 2.45) is 0 Å². The van der Waals surface area contributed by atoms with Crippen LogP contribution in [0, 0.1) is 6.92 Å². The molecule has 0 aliphatic rings. The first-order valence-electron chi connectivity index (χ1n) is 8.19. The number of anilines is 1. The fourth-order valence-corrected chi connectivity index (χ4v) is 3.83. The number of carbonyl (C=O) groups excluding carboxylic acids is 1. The van der Waals surface area contributed by atoms with Gasteiger partial charge in [0, 0.05) is 38.6 Å². The lowest BCUT2D eigenvalue weighted by Gasteiger charge is -2.09. The first-order valence-corrected chi connectivity index (χ1v) is 9.01. The number of aryl methyl sites for hydroxylation is 1. The van der Waals surface area contributed by atoms with Gasteiger partial charge in [-0.1, -0.05) is 41.7 Å². The van der Waals surface area contributed by atoms with Crippen molar-refractivity contribution < 1.29 is 9.53 Å². The fourth-order valence-electron chi connectivity index (χ4n) is 2.75. The van der Waals surface area contributed by atoms with Crippen molar-refractivity contribution in [1.82, 2.24) is 14.7 Å². The van der Waals surface area contributed by atoms with Crippen molar-refractivity contribution >= 4 is 28.0 Å². The molecule has 25 heavy (non-hydrogen) atoms. The number of fused-ring (bicyclic) bond motifs is 1. The quantitative estimate of drug-likeness (QED) is 0.637. The standard InChI is InChI=1S/C18H22N4O2S/c1-12-15(17(23)19-2)25-18-21-14(13-8-5-4-6-9-13)16(22(12)18)20-10-7-11-24-3/h4-6,8-9,20H,7,10-11H2,1-3H3,(H,19,23). The maximum atomic E-state index is 12.1. The third-order valence-corrected chi connectivity index (χ3v) is 5.14. The normalized spacial score (nSPS) is 11.0. The number of hydrogen-bond donors (Lipinski definition) is 2. The number of thiazole rings is 1. The van der Waals surface area contributed by atoms with E-state index in [2.05, 4.69) is 10.6 Å². The second kappa shape index (κ2) is 7.67. The molecule has 0 aliphatic heterocycles. The molecule has 3 rings (SSSR count). The summed E-state index contributed by atoms with van der Waals surface area (Å²) in [5.41, 5.74) is 2.84. The van der Waals surface area contributed by atoms with Gasteiger partial charge < -0.3 is 15.4 Å². The van der Waals surface area contributed by atoms with E-state index >= 15 is 0 Å². The van der Waals surface area contributed by atoms with E-state index in [1.54, 1.807) is 14.2 Å². The summed E-state index contributed by atoms with van der Waals surface area (Å²) in [6.07, 6.45) is 0.892. The van der Waals surface area contributed by atoms with E-state index in [1.165, 1.54) is 11.3 Å². The molecule has 0 fully saturated rings. The van der Waals surface area contributed by atoms with Gasteiger partial charge >= 0.3 is 0 Å². The summed E-state index contributed by atoms with van der Waals surface area (Å²) in [4.78, 5) is 18.4. The van der Waals surface area contributed by atoms with Crippen LogP contribution in [0.5, 0.6) is 0 Å². The van der Waals surface area contributed by atoms with Crippen LogP contribution >= 0.6 is 11.3 Å². The molecule has 6 nitrogen and oxygen atoms in total. The van der Waals surface area contributed by atoms with E-state index in [4.69, 9.17) is 9.72 Å². The molecule has 1 amide bonds. The van der Waals surface area contributed by atoms with Crippen LogP contribution in [-0.4, -0.2) is 42.6 Å². The highest BCUT2D eigenvalue weighted by Crippen LogP contribution is 2.34. The van der Waals surface area contributed by atoms with Crippen molar-refractivity contribution in [3.8, 4) is 11.3 Å². The Kier molecular flexibility index (Phi) is 5.35. The van der Waals surface area contributed by atoms with Gasteiger partial charge in [0.25, 0.3) is 5.91 Å². The molecular weight excluding hydrogens is 336 g/mol. The Balaban J connectivity index is 2.07. The molecule has 0 saturated carbocycles. The van der Waals surface area contributed by atoms with E-state index in [9.17, 15) is 4.79 Å². The molecule has 0 atom stereocenters. The third kappa shape index (κ3) is 3.38. The van der Waals surface area contributed by atoms with E-state index in [0.717, 1.165) is 40.7 Å². The number of benzene rings is 1. The van der Waals surface area contributed by atoms with Crippen molar-refractivity contribution in [2.45, 2.75) is 13.3 Å². The lowest BCUT2D eigenvalue weighted by atomic mass is 10.1. The lowest BCUT2D eigenvalue weighted by molar-refractivity contribution is 0.0966. The topological polar surface area (TPSA) is 67.7 Å². The van der Waals surface area contributed by atoms with E-state index in [1.807, 2.05) is 41.7 Å². The number of nitrogens with zero attached hydrogens (tertiary/aromatic N) is 2. The predicted octanol–water partition coefficient (Wildman–Crippen LogP) is 3.18. The predicted molar refractivity (Wildman–Crippen MR) is 102 cm³/mol. The number of ether oxygens (including phenoxy) is 1. The molecule has 0 unspecified atom stereocenters. The Morgan fingerprint density at radius 1 is 1.32 bits per heavy atom. The maximum Gasteiger partial charge on any atom is 0.263 e. The highest BCUT2D eigenvalue weighted by Gasteiger charge is 2.22. The van der Waals surface area contributed by atoms with Crippen molar-refractivity contribution in [1.29, 1.82) is 0 Å². The summed E-state index contributed by atoms with van der Waals surface area (Å²) in [6.45, 7) is 3.42. The average Bonchev–Trinajstić information content (AvgIpc) is 3.16. The molecule has 1 aromatic carbocycles. The Bertz CT molecular complexity index is 870. The molecule has 2 N–H and O–H groups in total. The van der Waals surface area contributed by atoms with Crippen LogP contribution in [0.15, 0.2) is 30.3 Å². The second-order valence-corrected chi connectivity index (χ2v) is 6.64. The Hall–Kier alpha value is -2.38. The van der Waals surface area contributed by atoms with Crippen molar-refractivity contribution in [2.75, 3.05) is 32.6 Å². The average molecular weight is 358 g/mol. The molecule has 0 aliphatic carbocycles. The molecular formula is C18H22N4O2S. The van der Waals surface area contributed by atoms with Crippen LogP contribution < -0.4 is 10.6 Å². The van der Waals surface area contributed by atoms with Crippen LogP contribution in [0.25, 0.3) is 16.2 Å². The van der Waals surface area contributed by atoms with Crippen molar-refractivity contribution in [3.63, 3.8) is 0 Å². The molecule has 2 heterocycles. The number of amides is 1. The minimum Gasteiger partial charge on any atom is -0.385 e. The largest absolute Gasteiger partial charge is 0.385 e. The SMILES string of the molecule is CNC(=O)c1sc2nc(-c3ccccc3)c(NCCCOC)n2c1C. The first kappa shape index (κ1) is 17.4.